The van der Waals surface area contributed by atoms with E-state index in [0.29, 0.717) is 30.3 Å². The number of aliphatic hydroxyl groups excluding tert-OH is 2. The second kappa shape index (κ2) is 7.22. The van der Waals surface area contributed by atoms with Crippen molar-refractivity contribution >= 4 is 0 Å². The van der Waals surface area contributed by atoms with Gasteiger partial charge in [0.1, 0.15) is 6.33 Å². The summed E-state index contributed by atoms with van der Waals surface area (Å²) in [6, 6.07) is 0. The van der Waals surface area contributed by atoms with Gasteiger partial charge in [-0.15, -0.1) is 0 Å². The summed E-state index contributed by atoms with van der Waals surface area (Å²) >= 11 is 0. The molecule has 0 amide bonds. The molecular weight excluding hydrogens is 250 g/mol. The van der Waals surface area contributed by atoms with Crippen molar-refractivity contribution < 1.29 is 19.7 Å². The number of nitrogens with one attached hydrogen (secondary N) is 1. The van der Waals surface area contributed by atoms with E-state index in [1.165, 1.54) is 20.5 Å². The molecule has 0 aromatic carbocycles. The fraction of sp³-hybridized carbons (Fsp3) is 0.667. The predicted molar refractivity (Wildman–Crippen MR) is 69.2 cm³/mol. The molecule has 1 rings (SSSR count). The number of hydrogen-bond donors (Lipinski definition) is 3. The summed E-state index contributed by atoms with van der Waals surface area (Å²) in [4.78, 5) is 8.01. The highest BCUT2D eigenvalue weighted by Crippen LogP contribution is 2.24. The van der Waals surface area contributed by atoms with Crippen LogP contribution in [0.25, 0.3) is 0 Å². The predicted octanol–water partition coefficient (Wildman–Crippen LogP) is -0.283. The van der Waals surface area contributed by atoms with Crippen LogP contribution in [0.15, 0.2) is 6.33 Å². The van der Waals surface area contributed by atoms with Gasteiger partial charge in [0.25, 0.3) is 0 Å². The van der Waals surface area contributed by atoms with Gasteiger partial charge in [0.05, 0.1) is 38.5 Å². The molecule has 1 aromatic heterocycles. The van der Waals surface area contributed by atoms with E-state index in [2.05, 4.69) is 15.3 Å². The average molecular weight is 271 g/mol. The lowest BCUT2D eigenvalue weighted by Gasteiger charge is -2.30. The van der Waals surface area contributed by atoms with E-state index in [9.17, 15) is 10.2 Å². The highest BCUT2D eigenvalue weighted by Gasteiger charge is 2.27. The third-order valence-electron chi connectivity index (χ3n) is 3.18. The second-order valence-electron chi connectivity index (χ2n) is 4.17. The van der Waals surface area contributed by atoms with Gasteiger partial charge in [-0.3, -0.25) is 0 Å². The van der Waals surface area contributed by atoms with Gasteiger partial charge >= 0.3 is 0 Å². The van der Waals surface area contributed by atoms with E-state index in [1.54, 1.807) is 0 Å². The van der Waals surface area contributed by atoms with Crippen LogP contribution in [0.2, 0.25) is 0 Å². The Hall–Kier alpha value is -1.44. The minimum Gasteiger partial charge on any atom is -0.481 e. The summed E-state index contributed by atoms with van der Waals surface area (Å²) in [5, 5.41) is 21.9. The fourth-order valence-electron chi connectivity index (χ4n) is 1.67. The van der Waals surface area contributed by atoms with Gasteiger partial charge in [-0.2, -0.15) is 0 Å². The molecule has 0 saturated carbocycles. The Morgan fingerprint density at radius 3 is 2.05 bits per heavy atom. The molecule has 0 aliphatic carbocycles. The maximum atomic E-state index is 9.39. The highest BCUT2D eigenvalue weighted by atomic mass is 16.5. The molecule has 1 aromatic rings. The van der Waals surface area contributed by atoms with Crippen LogP contribution in [0.1, 0.15) is 18.9 Å². The van der Waals surface area contributed by atoms with Crippen LogP contribution in [0, 0.1) is 0 Å². The van der Waals surface area contributed by atoms with E-state index < -0.39 is 5.54 Å². The Morgan fingerprint density at radius 2 is 1.68 bits per heavy atom. The molecule has 0 fully saturated rings. The zero-order chi connectivity index (χ0) is 14.3. The number of rotatable bonds is 8. The van der Waals surface area contributed by atoms with Crippen LogP contribution < -0.4 is 14.8 Å². The summed E-state index contributed by atoms with van der Waals surface area (Å²) in [5.41, 5.74) is -0.0986. The summed E-state index contributed by atoms with van der Waals surface area (Å²) in [5.74, 6) is 0.806. The molecule has 0 unspecified atom stereocenters. The minimum atomic E-state index is -0.744. The first-order valence-corrected chi connectivity index (χ1v) is 6.05. The molecule has 7 heteroatoms. The van der Waals surface area contributed by atoms with Gasteiger partial charge in [0.2, 0.25) is 11.8 Å². The van der Waals surface area contributed by atoms with Gasteiger partial charge in [-0.25, -0.2) is 9.97 Å². The number of aromatic nitrogens is 2. The van der Waals surface area contributed by atoms with Crippen LogP contribution in [0.5, 0.6) is 11.8 Å². The topological polar surface area (TPSA) is 96.7 Å². The summed E-state index contributed by atoms with van der Waals surface area (Å²) < 4.78 is 10.3. The van der Waals surface area contributed by atoms with Gasteiger partial charge in [-0.1, -0.05) is 6.92 Å². The summed E-state index contributed by atoms with van der Waals surface area (Å²) in [7, 11) is 3.02. The number of nitrogens with zero attached hydrogens (tertiary/aromatic N) is 2. The molecule has 0 atom stereocenters. The fourth-order valence-corrected chi connectivity index (χ4v) is 1.67. The molecule has 0 spiro atoms. The van der Waals surface area contributed by atoms with Gasteiger partial charge in [-0.05, 0) is 6.42 Å². The molecule has 0 bridgehead atoms. The van der Waals surface area contributed by atoms with E-state index in [0.717, 1.165) is 0 Å². The van der Waals surface area contributed by atoms with Gasteiger partial charge in [0.15, 0.2) is 0 Å². The lowest BCUT2D eigenvalue weighted by Crippen LogP contribution is -2.50. The van der Waals surface area contributed by atoms with E-state index in [1.807, 2.05) is 6.92 Å². The zero-order valence-electron chi connectivity index (χ0n) is 11.5. The van der Waals surface area contributed by atoms with Crippen LogP contribution in [-0.2, 0) is 6.54 Å². The third-order valence-corrected chi connectivity index (χ3v) is 3.18. The van der Waals surface area contributed by atoms with E-state index in [4.69, 9.17) is 9.47 Å². The standard InChI is InChI=1S/C12H21N3O4/c1-4-12(6-16,7-17)15-5-9-10(18-2)13-8-14-11(9)19-3/h8,15-17H,4-7H2,1-3H3. The van der Waals surface area contributed by atoms with Crippen molar-refractivity contribution in [2.24, 2.45) is 0 Å². The Labute approximate surface area is 112 Å². The molecule has 0 aliphatic heterocycles. The van der Waals surface area contributed by atoms with Crippen LogP contribution in [0.3, 0.4) is 0 Å². The maximum absolute atomic E-state index is 9.39. The molecule has 19 heavy (non-hydrogen) atoms. The molecule has 0 radical (unpaired) electrons. The van der Waals surface area contributed by atoms with Crippen molar-refractivity contribution in [3.63, 3.8) is 0 Å². The van der Waals surface area contributed by atoms with Crippen LogP contribution >= 0.6 is 0 Å². The SMILES string of the molecule is CCC(CO)(CO)NCc1c(OC)ncnc1OC. The van der Waals surface area contributed by atoms with Crippen LogP contribution in [0.4, 0.5) is 0 Å². The maximum Gasteiger partial charge on any atom is 0.224 e. The first-order chi connectivity index (χ1) is 9.16. The molecule has 0 aliphatic rings. The number of hydrogen-bond acceptors (Lipinski definition) is 7. The smallest absolute Gasteiger partial charge is 0.224 e. The Bertz CT molecular complexity index is 366. The summed E-state index contributed by atoms with van der Waals surface area (Å²) in [6.45, 7) is 1.87. The highest BCUT2D eigenvalue weighted by molar-refractivity contribution is 5.34. The summed E-state index contributed by atoms with van der Waals surface area (Å²) in [6.07, 6.45) is 1.94. The Balaban J connectivity index is 2.92. The number of ether oxygens (including phenoxy) is 2. The first kappa shape index (κ1) is 15.6. The van der Waals surface area contributed by atoms with E-state index in [-0.39, 0.29) is 13.2 Å². The Kier molecular flexibility index (Phi) is 5.94. The quantitative estimate of drug-likeness (QED) is 0.598. The zero-order valence-corrected chi connectivity index (χ0v) is 11.5. The molecule has 7 nitrogen and oxygen atoms in total. The van der Waals surface area contributed by atoms with Crippen molar-refractivity contribution in [3.05, 3.63) is 11.9 Å². The number of methoxy groups -OCH3 is 2. The van der Waals surface area contributed by atoms with Crippen LogP contribution in [-0.4, -0.2) is 53.2 Å². The molecular formula is C12H21N3O4. The van der Waals surface area contributed by atoms with Crippen molar-refractivity contribution in [3.8, 4) is 11.8 Å². The van der Waals surface area contributed by atoms with Crippen molar-refractivity contribution in [2.45, 2.75) is 25.4 Å². The normalized spacial score (nSPS) is 11.4. The lowest BCUT2D eigenvalue weighted by molar-refractivity contribution is 0.0859. The Morgan fingerprint density at radius 1 is 1.16 bits per heavy atom. The molecule has 0 saturated heterocycles. The van der Waals surface area contributed by atoms with Crippen molar-refractivity contribution in [1.29, 1.82) is 0 Å². The van der Waals surface area contributed by atoms with E-state index >= 15 is 0 Å². The lowest BCUT2D eigenvalue weighted by atomic mass is 9.98. The molecule has 1 heterocycles. The third kappa shape index (κ3) is 3.52. The first-order valence-electron chi connectivity index (χ1n) is 6.05. The molecule has 108 valence electrons. The minimum absolute atomic E-state index is 0.168. The monoisotopic (exact) mass is 271 g/mol. The number of aliphatic hydroxyl groups is 2. The second-order valence-corrected chi connectivity index (χ2v) is 4.17. The van der Waals surface area contributed by atoms with Gasteiger partial charge in [0, 0.05) is 6.54 Å². The van der Waals surface area contributed by atoms with Crippen molar-refractivity contribution in [1.82, 2.24) is 15.3 Å². The van der Waals surface area contributed by atoms with Crippen molar-refractivity contribution in [2.75, 3.05) is 27.4 Å². The van der Waals surface area contributed by atoms with Gasteiger partial charge < -0.3 is 25.0 Å². The molecule has 3 N–H and O–H groups in total. The average Bonchev–Trinajstić information content (AvgIpc) is 2.48. The largest absolute Gasteiger partial charge is 0.481 e.